The van der Waals surface area contributed by atoms with E-state index in [-0.39, 0.29) is 5.54 Å². The lowest BCUT2D eigenvalue weighted by Crippen LogP contribution is -2.57. The van der Waals surface area contributed by atoms with E-state index < -0.39 is 0 Å². The number of benzene rings is 1. The van der Waals surface area contributed by atoms with Crippen molar-refractivity contribution in [2.75, 3.05) is 14.1 Å². The summed E-state index contributed by atoms with van der Waals surface area (Å²) in [7, 11) is 4.43. The molecule has 0 saturated heterocycles. The summed E-state index contributed by atoms with van der Waals surface area (Å²) in [6.07, 6.45) is 5.01. The zero-order valence-electron chi connectivity index (χ0n) is 14.4. The first kappa shape index (κ1) is 16.5. The topological polar surface area (TPSA) is 15.3 Å². The van der Waals surface area contributed by atoms with Gasteiger partial charge in [0.05, 0.1) is 0 Å². The molecule has 0 spiro atoms. The molecule has 3 unspecified atom stereocenters. The van der Waals surface area contributed by atoms with Gasteiger partial charge in [-0.05, 0) is 65.1 Å². The molecule has 0 amide bonds. The highest BCUT2D eigenvalue weighted by atomic mass is 15.2. The molecule has 2 rings (SSSR count). The minimum Gasteiger partial charge on any atom is -0.315 e. The number of hydrogen-bond donors (Lipinski definition) is 1. The second-order valence-corrected chi connectivity index (χ2v) is 7.16. The third-order valence-electron chi connectivity index (χ3n) is 5.78. The van der Waals surface area contributed by atoms with E-state index >= 15 is 0 Å². The molecule has 0 aliphatic heterocycles. The van der Waals surface area contributed by atoms with E-state index in [0.29, 0.717) is 18.0 Å². The third kappa shape index (κ3) is 3.67. The molecule has 118 valence electrons. The van der Waals surface area contributed by atoms with Gasteiger partial charge in [-0.2, -0.15) is 0 Å². The van der Waals surface area contributed by atoms with Crippen molar-refractivity contribution in [3.05, 3.63) is 35.9 Å². The van der Waals surface area contributed by atoms with Gasteiger partial charge < -0.3 is 5.32 Å². The molecule has 1 aliphatic carbocycles. The molecule has 1 N–H and O–H groups in total. The molecule has 0 heterocycles. The molecule has 2 heteroatoms. The van der Waals surface area contributed by atoms with Crippen LogP contribution in [0.5, 0.6) is 0 Å². The molecule has 1 saturated carbocycles. The Balaban J connectivity index is 2.16. The van der Waals surface area contributed by atoms with Gasteiger partial charge in [0.2, 0.25) is 0 Å². The van der Waals surface area contributed by atoms with Gasteiger partial charge in [-0.25, -0.2) is 0 Å². The van der Waals surface area contributed by atoms with E-state index in [1.165, 1.54) is 31.2 Å². The predicted molar refractivity (Wildman–Crippen MR) is 91.8 cm³/mol. The quantitative estimate of drug-likeness (QED) is 0.880. The summed E-state index contributed by atoms with van der Waals surface area (Å²) in [5.41, 5.74) is 1.78. The molecule has 21 heavy (non-hydrogen) atoms. The largest absolute Gasteiger partial charge is 0.315 e. The maximum atomic E-state index is 3.56. The first-order chi connectivity index (χ1) is 9.99. The fourth-order valence-electron chi connectivity index (χ4n) is 3.64. The van der Waals surface area contributed by atoms with Crippen LogP contribution in [0.1, 0.15) is 57.9 Å². The molecule has 1 aromatic rings. The second-order valence-electron chi connectivity index (χ2n) is 7.16. The van der Waals surface area contributed by atoms with Gasteiger partial charge in [-0.15, -0.1) is 0 Å². The van der Waals surface area contributed by atoms with Crippen LogP contribution in [0.2, 0.25) is 0 Å². The maximum Gasteiger partial charge on any atom is 0.0257 e. The average Bonchev–Trinajstić information content (AvgIpc) is 2.54. The van der Waals surface area contributed by atoms with Gasteiger partial charge in [0.15, 0.2) is 0 Å². The Bertz CT molecular complexity index is 426. The standard InChI is InChI=1S/C19H32N2/c1-6-19(2,3)21(5)18-14-16(12-13-17(18)20-4)15-10-8-7-9-11-15/h7-11,16-18,20H,6,12-14H2,1-5H3. The van der Waals surface area contributed by atoms with Crippen LogP contribution in [0.15, 0.2) is 30.3 Å². The van der Waals surface area contributed by atoms with E-state index in [1.54, 1.807) is 0 Å². The highest BCUT2D eigenvalue weighted by molar-refractivity contribution is 5.21. The van der Waals surface area contributed by atoms with Crippen molar-refractivity contribution in [3.63, 3.8) is 0 Å². The molecule has 0 bridgehead atoms. The number of nitrogens with one attached hydrogen (secondary N) is 1. The lowest BCUT2D eigenvalue weighted by molar-refractivity contribution is 0.0504. The van der Waals surface area contributed by atoms with Gasteiger partial charge in [0.1, 0.15) is 0 Å². The van der Waals surface area contributed by atoms with Crippen LogP contribution in [0.3, 0.4) is 0 Å². The van der Waals surface area contributed by atoms with Crippen LogP contribution in [0.4, 0.5) is 0 Å². The van der Waals surface area contributed by atoms with Gasteiger partial charge in [0.25, 0.3) is 0 Å². The lowest BCUT2D eigenvalue weighted by Gasteiger charge is -2.47. The monoisotopic (exact) mass is 288 g/mol. The van der Waals surface area contributed by atoms with Crippen LogP contribution in [0, 0.1) is 0 Å². The number of hydrogen-bond acceptors (Lipinski definition) is 2. The lowest BCUT2D eigenvalue weighted by atomic mass is 9.77. The SMILES string of the molecule is CCC(C)(C)N(C)C1CC(c2ccccc2)CCC1NC. The zero-order chi connectivity index (χ0) is 15.5. The van der Waals surface area contributed by atoms with Gasteiger partial charge in [0, 0.05) is 17.6 Å². The highest BCUT2D eigenvalue weighted by Gasteiger charge is 2.37. The fourth-order valence-corrected chi connectivity index (χ4v) is 3.64. The van der Waals surface area contributed by atoms with Gasteiger partial charge >= 0.3 is 0 Å². The normalized spacial score (nSPS) is 27.0. The summed E-state index contributed by atoms with van der Waals surface area (Å²) in [4.78, 5) is 2.61. The Labute approximate surface area is 130 Å². The van der Waals surface area contributed by atoms with Crippen molar-refractivity contribution in [1.82, 2.24) is 10.2 Å². The molecule has 1 aromatic carbocycles. The second kappa shape index (κ2) is 6.93. The van der Waals surface area contributed by atoms with Crippen LogP contribution in [0.25, 0.3) is 0 Å². The Kier molecular flexibility index (Phi) is 5.45. The van der Waals surface area contributed by atoms with E-state index in [2.05, 4.69) is 75.4 Å². The van der Waals surface area contributed by atoms with Crippen molar-refractivity contribution in [2.24, 2.45) is 0 Å². The number of likely N-dealkylation sites (N-methyl/N-ethyl adjacent to an activating group) is 2. The van der Waals surface area contributed by atoms with Gasteiger partial charge in [-0.1, -0.05) is 37.3 Å². The smallest absolute Gasteiger partial charge is 0.0257 e. The minimum absolute atomic E-state index is 0.262. The summed E-state index contributed by atoms with van der Waals surface area (Å²) in [5, 5.41) is 3.56. The first-order valence-corrected chi connectivity index (χ1v) is 8.44. The predicted octanol–water partition coefficient (Wildman–Crippen LogP) is 4.03. The molecular formula is C19H32N2. The Hall–Kier alpha value is -0.860. The van der Waals surface area contributed by atoms with E-state index in [1.807, 2.05) is 0 Å². The summed E-state index contributed by atoms with van der Waals surface area (Å²) >= 11 is 0. The Morgan fingerprint density at radius 2 is 1.86 bits per heavy atom. The molecule has 2 nitrogen and oxygen atoms in total. The Morgan fingerprint density at radius 3 is 2.43 bits per heavy atom. The van der Waals surface area contributed by atoms with Crippen molar-refractivity contribution in [3.8, 4) is 0 Å². The van der Waals surface area contributed by atoms with Crippen molar-refractivity contribution < 1.29 is 0 Å². The molecule has 0 radical (unpaired) electrons. The molecule has 3 atom stereocenters. The van der Waals surface area contributed by atoms with E-state index in [9.17, 15) is 0 Å². The van der Waals surface area contributed by atoms with E-state index in [4.69, 9.17) is 0 Å². The number of nitrogens with zero attached hydrogens (tertiary/aromatic N) is 1. The van der Waals surface area contributed by atoms with Crippen LogP contribution >= 0.6 is 0 Å². The Morgan fingerprint density at radius 1 is 1.19 bits per heavy atom. The van der Waals surface area contributed by atoms with Crippen molar-refractivity contribution in [1.29, 1.82) is 0 Å². The highest BCUT2D eigenvalue weighted by Crippen LogP contribution is 2.37. The van der Waals surface area contributed by atoms with Crippen molar-refractivity contribution in [2.45, 2.75) is 70.0 Å². The summed E-state index contributed by atoms with van der Waals surface area (Å²) < 4.78 is 0. The van der Waals surface area contributed by atoms with Gasteiger partial charge in [-0.3, -0.25) is 4.90 Å². The molecule has 1 aliphatic rings. The summed E-state index contributed by atoms with van der Waals surface area (Å²) in [6.45, 7) is 7.03. The van der Waals surface area contributed by atoms with Crippen molar-refractivity contribution >= 4 is 0 Å². The fraction of sp³-hybridized carbons (Fsp3) is 0.684. The van der Waals surface area contributed by atoms with Crippen LogP contribution in [-0.4, -0.2) is 36.6 Å². The summed E-state index contributed by atoms with van der Waals surface area (Å²) in [5.74, 6) is 0.705. The zero-order valence-corrected chi connectivity index (χ0v) is 14.4. The number of rotatable bonds is 5. The maximum absolute atomic E-state index is 3.56. The van der Waals surface area contributed by atoms with E-state index in [0.717, 1.165) is 0 Å². The molecule has 0 aromatic heterocycles. The molecular weight excluding hydrogens is 256 g/mol. The van der Waals surface area contributed by atoms with Crippen LogP contribution < -0.4 is 5.32 Å². The average molecular weight is 288 g/mol. The summed E-state index contributed by atoms with van der Waals surface area (Å²) in [6, 6.07) is 12.3. The first-order valence-electron chi connectivity index (χ1n) is 8.44. The third-order valence-corrected chi connectivity index (χ3v) is 5.78. The van der Waals surface area contributed by atoms with Crippen LogP contribution in [-0.2, 0) is 0 Å². The minimum atomic E-state index is 0.262. The molecule has 1 fully saturated rings.